The fourth-order valence-electron chi connectivity index (χ4n) is 1.79. The zero-order valence-electron chi connectivity index (χ0n) is 11.5. The Bertz CT molecular complexity index is 414. The van der Waals surface area contributed by atoms with Gasteiger partial charge >= 0.3 is 0 Å². The molecule has 1 unspecified atom stereocenters. The van der Waals surface area contributed by atoms with Crippen molar-refractivity contribution >= 4 is 11.6 Å². The summed E-state index contributed by atoms with van der Waals surface area (Å²) in [5, 5.41) is 3.41. The summed E-state index contributed by atoms with van der Waals surface area (Å²) >= 11 is 0. The van der Waals surface area contributed by atoms with Crippen molar-refractivity contribution in [3.8, 4) is 0 Å². The van der Waals surface area contributed by atoms with E-state index in [1.54, 1.807) is 0 Å². The van der Waals surface area contributed by atoms with Gasteiger partial charge in [0.05, 0.1) is 0 Å². The second-order valence-electron chi connectivity index (χ2n) is 5.22. The first-order chi connectivity index (χ1) is 8.65. The first-order valence-electron chi connectivity index (χ1n) is 6.74. The molecule has 1 aliphatic rings. The third-order valence-corrected chi connectivity index (χ3v) is 3.56. The van der Waals surface area contributed by atoms with Gasteiger partial charge in [-0.05, 0) is 25.7 Å². The second-order valence-corrected chi connectivity index (χ2v) is 5.22. The molecule has 1 aromatic heterocycles. The van der Waals surface area contributed by atoms with Crippen LogP contribution < -0.4 is 16.6 Å². The summed E-state index contributed by atoms with van der Waals surface area (Å²) in [6, 6.07) is 0. The molecule has 1 aromatic rings. The Morgan fingerprint density at radius 2 is 2.00 bits per heavy atom. The summed E-state index contributed by atoms with van der Waals surface area (Å²) in [4.78, 5) is 9.10. The monoisotopic (exact) mass is 249 g/mol. The van der Waals surface area contributed by atoms with E-state index in [1.165, 1.54) is 12.8 Å². The molecule has 1 heterocycles. The van der Waals surface area contributed by atoms with Crippen LogP contribution in [-0.2, 0) is 0 Å². The number of nitrogens with one attached hydrogen (secondary N) is 2. The summed E-state index contributed by atoms with van der Waals surface area (Å²) < 4.78 is 0. The number of nitrogen functional groups attached to an aromatic ring is 1. The van der Waals surface area contributed by atoms with Gasteiger partial charge in [0.1, 0.15) is 17.5 Å². The number of hydrogen-bond acceptors (Lipinski definition) is 5. The number of rotatable bonds is 6. The van der Waals surface area contributed by atoms with Crippen molar-refractivity contribution in [1.29, 1.82) is 0 Å². The molecule has 0 spiro atoms. The summed E-state index contributed by atoms with van der Waals surface area (Å²) in [6.45, 7) is 7.35. The zero-order chi connectivity index (χ0) is 13.1. The van der Waals surface area contributed by atoms with Gasteiger partial charge in [0, 0.05) is 18.0 Å². The van der Waals surface area contributed by atoms with E-state index in [4.69, 9.17) is 5.84 Å². The highest BCUT2D eigenvalue weighted by Crippen LogP contribution is 2.39. The minimum Gasteiger partial charge on any atom is -0.369 e. The van der Waals surface area contributed by atoms with Crippen molar-refractivity contribution in [1.82, 2.24) is 9.97 Å². The lowest BCUT2D eigenvalue weighted by molar-refractivity contribution is 0.592. The smallest absolute Gasteiger partial charge is 0.148 e. The molecule has 0 saturated heterocycles. The van der Waals surface area contributed by atoms with Gasteiger partial charge in [-0.1, -0.05) is 20.3 Å². The van der Waals surface area contributed by atoms with Crippen LogP contribution in [0.3, 0.4) is 0 Å². The van der Waals surface area contributed by atoms with Gasteiger partial charge in [-0.2, -0.15) is 0 Å². The highest BCUT2D eigenvalue weighted by atomic mass is 15.3. The van der Waals surface area contributed by atoms with Gasteiger partial charge in [0.2, 0.25) is 0 Å². The largest absolute Gasteiger partial charge is 0.369 e. The van der Waals surface area contributed by atoms with Crippen molar-refractivity contribution in [3.05, 3.63) is 11.4 Å². The Morgan fingerprint density at radius 1 is 1.33 bits per heavy atom. The van der Waals surface area contributed by atoms with Crippen LogP contribution in [0.2, 0.25) is 0 Å². The number of nitrogens with two attached hydrogens (primary N) is 1. The van der Waals surface area contributed by atoms with Crippen LogP contribution in [0.25, 0.3) is 0 Å². The quantitative estimate of drug-likeness (QED) is 0.533. The molecular weight excluding hydrogens is 226 g/mol. The lowest BCUT2D eigenvalue weighted by Crippen LogP contribution is -2.17. The molecule has 1 aliphatic carbocycles. The van der Waals surface area contributed by atoms with E-state index in [0.717, 1.165) is 36.0 Å². The number of hydrogen-bond donors (Lipinski definition) is 3. The normalized spacial score (nSPS) is 16.4. The Hall–Kier alpha value is -1.36. The molecule has 2 rings (SSSR count). The molecule has 4 N–H and O–H groups in total. The van der Waals surface area contributed by atoms with E-state index in [2.05, 4.69) is 34.6 Å². The molecule has 1 atom stereocenters. The molecular formula is C13H23N5. The minimum absolute atomic E-state index is 0.529. The molecule has 18 heavy (non-hydrogen) atoms. The van der Waals surface area contributed by atoms with E-state index >= 15 is 0 Å². The molecule has 0 aromatic carbocycles. The third kappa shape index (κ3) is 2.90. The number of hydrazine groups is 1. The predicted molar refractivity (Wildman–Crippen MR) is 74.5 cm³/mol. The molecule has 0 aliphatic heterocycles. The van der Waals surface area contributed by atoms with Crippen LogP contribution in [0.1, 0.15) is 50.4 Å². The molecule has 100 valence electrons. The molecule has 1 fully saturated rings. The van der Waals surface area contributed by atoms with E-state index < -0.39 is 0 Å². The number of nitrogens with zero attached hydrogens (tertiary/aromatic N) is 2. The number of aromatic nitrogens is 2. The Kier molecular flexibility index (Phi) is 4.01. The van der Waals surface area contributed by atoms with Gasteiger partial charge in [0.25, 0.3) is 0 Å². The molecule has 1 saturated carbocycles. The Labute approximate surface area is 109 Å². The van der Waals surface area contributed by atoms with Crippen LogP contribution in [-0.4, -0.2) is 16.5 Å². The van der Waals surface area contributed by atoms with Crippen LogP contribution in [0.4, 0.5) is 11.6 Å². The highest BCUT2D eigenvalue weighted by molar-refractivity contribution is 5.57. The average molecular weight is 249 g/mol. The molecule has 0 radical (unpaired) electrons. The molecule has 0 bridgehead atoms. The Morgan fingerprint density at radius 3 is 2.56 bits per heavy atom. The summed E-state index contributed by atoms with van der Waals surface area (Å²) in [5.74, 6) is 9.26. The molecule has 5 nitrogen and oxygen atoms in total. The van der Waals surface area contributed by atoms with E-state index in [1.807, 2.05) is 6.92 Å². The summed E-state index contributed by atoms with van der Waals surface area (Å²) in [6.07, 6.45) is 3.55. The van der Waals surface area contributed by atoms with E-state index in [0.29, 0.717) is 11.8 Å². The topological polar surface area (TPSA) is 75.9 Å². The summed E-state index contributed by atoms with van der Waals surface area (Å²) in [5.41, 5.74) is 3.66. The van der Waals surface area contributed by atoms with Crippen molar-refractivity contribution in [2.75, 3.05) is 17.3 Å². The first-order valence-corrected chi connectivity index (χ1v) is 6.74. The van der Waals surface area contributed by atoms with Crippen molar-refractivity contribution in [2.24, 2.45) is 11.8 Å². The van der Waals surface area contributed by atoms with E-state index in [-0.39, 0.29) is 0 Å². The van der Waals surface area contributed by atoms with Crippen molar-refractivity contribution in [3.63, 3.8) is 0 Å². The number of anilines is 2. The second kappa shape index (κ2) is 5.52. The zero-order valence-corrected chi connectivity index (χ0v) is 11.5. The van der Waals surface area contributed by atoms with Gasteiger partial charge in [-0.25, -0.2) is 15.8 Å². The van der Waals surface area contributed by atoms with E-state index in [9.17, 15) is 0 Å². The van der Waals surface area contributed by atoms with Crippen LogP contribution in [0.15, 0.2) is 0 Å². The van der Waals surface area contributed by atoms with Gasteiger partial charge in [-0.15, -0.1) is 0 Å². The minimum atomic E-state index is 0.529. The van der Waals surface area contributed by atoms with Crippen LogP contribution in [0, 0.1) is 12.8 Å². The molecule has 0 amide bonds. The third-order valence-electron chi connectivity index (χ3n) is 3.56. The average Bonchev–Trinajstić information content (AvgIpc) is 3.21. The first kappa shape index (κ1) is 13.1. The van der Waals surface area contributed by atoms with Crippen molar-refractivity contribution < 1.29 is 0 Å². The lowest BCUT2D eigenvalue weighted by Gasteiger charge is -2.15. The molecule has 5 heteroatoms. The maximum Gasteiger partial charge on any atom is 0.148 e. The van der Waals surface area contributed by atoms with Gasteiger partial charge < -0.3 is 10.7 Å². The summed E-state index contributed by atoms with van der Waals surface area (Å²) in [7, 11) is 0. The van der Waals surface area contributed by atoms with Crippen LogP contribution >= 0.6 is 0 Å². The standard InChI is InChI=1S/C13H23N5/c1-4-8(2)7-15-11-9(3)12(18-14)17-13(16-11)10-5-6-10/h8,10H,4-7,14H2,1-3H3,(H2,15,16,17,18). The fraction of sp³-hybridized carbons (Fsp3) is 0.692. The lowest BCUT2D eigenvalue weighted by atomic mass is 10.1. The van der Waals surface area contributed by atoms with Crippen LogP contribution in [0.5, 0.6) is 0 Å². The highest BCUT2D eigenvalue weighted by Gasteiger charge is 2.28. The van der Waals surface area contributed by atoms with Crippen molar-refractivity contribution in [2.45, 2.75) is 46.0 Å². The maximum absolute atomic E-state index is 5.52. The SMILES string of the molecule is CCC(C)CNc1nc(C2CC2)nc(NN)c1C. The predicted octanol–water partition coefficient (Wildman–Crippen LogP) is 2.41. The van der Waals surface area contributed by atoms with Gasteiger partial charge in [-0.3, -0.25) is 0 Å². The van der Waals surface area contributed by atoms with Gasteiger partial charge in [0.15, 0.2) is 0 Å². The fourth-order valence-corrected chi connectivity index (χ4v) is 1.79. The maximum atomic E-state index is 5.52. The Balaban J connectivity index is 2.18.